The van der Waals surface area contributed by atoms with Crippen LogP contribution in [0.25, 0.3) is 11.0 Å². The molecule has 0 amide bonds. The molecule has 0 bridgehead atoms. The molecule has 104 valence electrons. The number of benzene rings is 2. The van der Waals surface area contributed by atoms with E-state index in [1.54, 1.807) is 12.3 Å². The summed E-state index contributed by atoms with van der Waals surface area (Å²) in [5, 5.41) is 4.01. The van der Waals surface area contributed by atoms with Gasteiger partial charge < -0.3 is 9.73 Å². The largest absolute Gasteiger partial charge is 0.453 e. The van der Waals surface area contributed by atoms with Gasteiger partial charge in [0.05, 0.1) is 0 Å². The highest BCUT2D eigenvalue weighted by Crippen LogP contribution is 2.19. The van der Waals surface area contributed by atoms with Gasteiger partial charge in [0.2, 0.25) is 5.78 Å². The molecule has 3 rings (SSSR count). The number of carbonyl (C=O) groups is 1. The van der Waals surface area contributed by atoms with Crippen molar-refractivity contribution in [2.45, 2.75) is 6.92 Å². The smallest absolute Gasteiger partial charge is 0.222 e. The van der Waals surface area contributed by atoms with Crippen LogP contribution in [-0.2, 0) is 0 Å². The first-order valence-electron chi connectivity index (χ1n) is 6.75. The molecule has 0 aliphatic rings. The van der Waals surface area contributed by atoms with Crippen LogP contribution >= 0.6 is 0 Å². The van der Waals surface area contributed by atoms with Crippen LogP contribution < -0.4 is 5.32 Å². The number of hydrogen-bond acceptors (Lipinski definition) is 3. The quantitative estimate of drug-likeness (QED) is 0.562. The van der Waals surface area contributed by atoms with Gasteiger partial charge in [-0.3, -0.25) is 4.79 Å². The lowest BCUT2D eigenvalue weighted by Gasteiger charge is -2.00. The fraction of sp³-hybridized carbons (Fsp3) is 0.0556. The van der Waals surface area contributed by atoms with Crippen molar-refractivity contribution in [3.63, 3.8) is 0 Å². The van der Waals surface area contributed by atoms with Crippen LogP contribution in [0.1, 0.15) is 16.1 Å². The monoisotopic (exact) mass is 277 g/mol. The van der Waals surface area contributed by atoms with Gasteiger partial charge in [0.15, 0.2) is 5.76 Å². The molecule has 1 aromatic heterocycles. The molecule has 2 aromatic carbocycles. The van der Waals surface area contributed by atoms with Crippen molar-refractivity contribution in [2.24, 2.45) is 0 Å². The zero-order valence-electron chi connectivity index (χ0n) is 11.7. The fourth-order valence-electron chi connectivity index (χ4n) is 2.13. The maximum absolute atomic E-state index is 12.1. The highest BCUT2D eigenvalue weighted by Gasteiger charge is 2.08. The Morgan fingerprint density at radius 3 is 2.76 bits per heavy atom. The summed E-state index contributed by atoms with van der Waals surface area (Å²) < 4.78 is 5.52. The summed E-state index contributed by atoms with van der Waals surface area (Å²) in [6.07, 6.45) is 3.10. The Hall–Kier alpha value is -2.81. The highest BCUT2D eigenvalue weighted by atomic mass is 16.3. The number of anilines is 1. The number of aryl methyl sites for hydroxylation is 1. The molecular formula is C18H15NO2. The molecule has 3 nitrogen and oxygen atoms in total. The number of allylic oxidation sites excluding steroid dienone is 1. The average Bonchev–Trinajstić information content (AvgIpc) is 2.91. The van der Waals surface area contributed by atoms with Crippen molar-refractivity contribution < 1.29 is 9.21 Å². The lowest BCUT2D eigenvalue weighted by atomic mass is 10.2. The molecule has 0 saturated heterocycles. The van der Waals surface area contributed by atoms with E-state index in [2.05, 4.69) is 5.32 Å². The first kappa shape index (κ1) is 13.2. The van der Waals surface area contributed by atoms with E-state index < -0.39 is 0 Å². The Morgan fingerprint density at radius 1 is 1.10 bits per heavy atom. The van der Waals surface area contributed by atoms with E-state index in [-0.39, 0.29) is 5.78 Å². The Bertz CT molecular complexity index is 782. The molecule has 0 saturated carbocycles. The lowest BCUT2D eigenvalue weighted by molar-refractivity contribution is 0.102. The SMILES string of the molecule is Cc1cccc(N/C=C/C(=O)c2cc3ccccc3o2)c1. The average molecular weight is 277 g/mol. The molecule has 3 heteroatoms. The molecule has 0 aliphatic heterocycles. The van der Waals surface area contributed by atoms with Gasteiger partial charge >= 0.3 is 0 Å². The van der Waals surface area contributed by atoms with E-state index in [0.29, 0.717) is 5.76 Å². The molecule has 0 atom stereocenters. The zero-order chi connectivity index (χ0) is 14.7. The molecule has 1 N–H and O–H groups in total. The number of carbonyl (C=O) groups excluding carboxylic acids is 1. The third-order valence-electron chi connectivity index (χ3n) is 3.17. The summed E-state index contributed by atoms with van der Waals surface area (Å²) in [6.45, 7) is 2.02. The van der Waals surface area contributed by atoms with Gasteiger partial charge in [0, 0.05) is 23.3 Å². The minimum atomic E-state index is -0.161. The van der Waals surface area contributed by atoms with Gasteiger partial charge in [-0.15, -0.1) is 0 Å². The van der Waals surface area contributed by atoms with Crippen LogP contribution in [0.15, 0.2) is 71.3 Å². The van der Waals surface area contributed by atoms with Crippen molar-refractivity contribution in [2.75, 3.05) is 5.32 Å². The molecule has 0 radical (unpaired) electrons. The fourth-order valence-corrected chi connectivity index (χ4v) is 2.13. The Balaban J connectivity index is 1.72. The van der Waals surface area contributed by atoms with E-state index in [1.807, 2.05) is 55.5 Å². The van der Waals surface area contributed by atoms with Crippen LogP contribution in [0.3, 0.4) is 0 Å². The van der Waals surface area contributed by atoms with Crippen molar-refractivity contribution in [3.05, 3.63) is 78.2 Å². The Morgan fingerprint density at radius 2 is 1.95 bits per heavy atom. The zero-order valence-corrected chi connectivity index (χ0v) is 11.7. The highest BCUT2D eigenvalue weighted by molar-refractivity contribution is 6.04. The van der Waals surface area contributed by atoms with E-state index in [1.165, 1.54) is 6.08 Å². The van der Waals surface area contributed by atoms with E-state index in [9.17, 15) is 4.79 Å². The number of ketones is 1. The summed E-state index contributed by atoms with van der Waals surface area (Å²) in [4.78, 5) is 12.1. The second-order valence-corrected chi connectivity index (χ2v) is 4.86. The van der Waals surface area contributed by atoms with Gasteiger partial charge in [0.25, 0.3) is 0 Å². The minimum Gasteiger partial charge on any atom is -0.453 e. The third-order valence-corrected chi connectivity index (χ3v) is 3.17. The molecule has 0 fully saturated rings. The van der Waals surface area contributed by atoms with Crippen LogP contribution in [0.2, 0.25) is 0 Å². The van der Waals surface area contributed by atoms with Crippen molar-refractivity contribution in [1.82, 2.24) is 0 Å². The number of nitrogens with one attached hydrogen (secondary N) is 1. The number of fused-ring (bicyclic) bond motifs is 1. The van der Waals surface area contributed by atoms with Crippen LogP contribution in [0.4, 0.5) is 5.69 Å². The van der Waals surface area contributed by atoms with Gasteiger partial charge in [0.1, 0.15) is 5.58 Å². The third kappa shape index (κ3) is 3.03. The second-order valence-electron chi connectivity index (χ2n) is 4.86. The maximum Gasteiger partial charge on any atom is 0.222 e. The van der Waals surface area contributed by atoms with Crippen LogP contribution in [0, 0.1) is 6.92 Å². The number of rotatable bonds is 4. The van der Waals surface area contributed by atoms with Crippen molar-refractivity contribution in [1.29, 1.82) is 0 Å². The number of furan rings is 1. The normalized spacial score (nSPS) is 11.1. The number of hydrogen-bond donors (Lipinski definition) is 1. The minimum absolute atomic E-state index is 0.161. The van der Waals surface area contributed by atoms with Crippen molar-refractivity contribution in [3.8, 4) is 0 Å². The standard InChI is InChI=1S/C18H15NO2/c1-13-5-4-7-15(11-13)19-10-9-16(20)18-12-14-6-2-3-8-17(14)21-18/h2-12,19H,1H3/b10-9+. The Labute approximate surface area is 122 Å². The van der Waals surface area contributed by atoms with Gasteiger partial charge in [-0.1, -0.05) is 30.3 Å². The van der Waals surface area contributed by atoms with E-state index >= 15 is 0 Å². The van der Waals surface area contributed by atoms with Gasteiger partial charge in [-0.25, -0.2) is 0 Å². The number of para-hydroxylation sites is 1. The predicted molar refractivity (Wildman–Crippen MR) is 84.5 cm³/mol. The second kappa shape index (κ2) is 5.67. The maximum atomic E-state index is 12.1. The summed E-state index contributed by atoms with van der Waals surface area (Å²) in [5.74, 6) is 0.185. The molecule has 1 heterocycles. The van der Waals surface area contributed by atoms with Crippen LogP contribution in [0.5, 0.6) is 0 Å². The summed E-state index contributed by atoms with van der Waals surface area (Å²) >= 11 is 0. The van der Waals surface area contributed by atoms with Gasteiger partial charge in [-0.2, -0.15) is 0 Å². The lowest BCUT2D eigenvalue weighted by Crippen LogP contribution is -1.94. The van der Waals surface area contributed by atoms with Crippen molar-refractivity contribution >= 4 is 22.4 Å². The Kier molecular flexibility index (Phi) is 3.56. The molecule has 0 unspecified atom stereocenters. The summed E-state index contributed by atoms with van der Waals surface area (Å²) in [6, 6.07) is 17.3. The topological polar surface area (TPSA) is 42.2 Å². The van der Waals surface area contributed by atoms with E-state index in [0.717, 1.165) is 22.2 Å². The predicted octanol–water partition coefficient (Wildman–Crippen LogP) is 4.55. The molecule has 21 heavy (non-hydrogen) atoms. The molecule has 0 spiro atoms. The first-order chi connectivity index (χ1) is 10.2. The summed E-state index contributed by atoms with van der Waals surface area (Å²) in [5.41, 5.74) is 2.83. The van der Waals surface area contributed by atoms with Gasteiger partial charge in [-0.05, 0) is 36.8 Å². The molecular weight excluding hydrogens is 262 g/mol. The molecule has 3 aromatic rings. The molecule has 0 aliphatic carbocycles. The summed E-state index contributed by atoms with van der Waals surface area (Å²) in [7, 11) is 0. The van der Waals surface area contributed by atoms with E-state index in [4.69, 9.17) is 4.42 Å². The first-order valence-corrected chi connectivity index (χ1v) is 6.75. The van der Waals surface area contributed by atoms with Crippen LogP contribution in [-0.4, -0.2) is 5.78 Å².